The number of nitrogens with one attached hydrogen (secondary N) is 1. The predicted molar refractivity (Wildman–Crippen MR) is 181 cm³/mol. The molecule has 5 aromatic carbocycles. The number of ether oxygens (including phenoxy) is 2. The Kier molecular flexibility index (Phi) is 9.20. The molecule has 0 saturated carbocycles. The molecule has 0 unspecified atom stereocenters. The summed E-state index contributed by atoms with van der Waals surface area (Å²) in [5.74, 6) is -0.720. The Morgan fingerprint density at radius 3 is 2.26 bits per heavy atom. The lowest BCUT2D eigenvalue weighted by Gasteiger charge is -2.26. The van der Waals surface area contributed by atoms with Crippen molar-refractivity contribution in [1.82, 2.24) is 5.32 Å². The number of hydrogen-bond donors (Lipinski definition) is 1. The number of amides is 4. The van der Waals surface area contributed by atoms with Gasteiger partial charge >= 0.3 is 6.03 Å². The Balaban J connectivity index is 1.28. The maximum absolute atomic E-state index is 13.8. The van der Waals surface area contributed by atoms with Crippen LogP contribution in [-0.4, -0.2) is 17.8 Å². The molecule has 1 aliphatic heterocycles. The van der Waals surface area contributed by atoms with Gasteiger partial charge in [-0.15, -0.1) is 0 Å². The molecule has 4 amide bonds. The molecule has 5 aromatic rings. The summed E-state index contributed by atoms with van der Waals surface area (Å²) in [6, 6.07) is 26.8. The van der Waals surface area contributed by atoms with E-state index in [1.807, 2.05) is 30.3 Å². The zero-order chi connectivity index (χ0) is 32.4. The molecule has 7 nitrogen and oxygen atoms in total. The third-order valence-electron chi connectivity index (χ3n) is 7.20. The minimum Gasteiger partial charge on any atom is -0.489 e. The van der Waals surface area contributed by atoms with Crippen LogP contribution in [0.3, 0.4) is 0 Å². The van der Waals surface area contributed by atoms with Crippen molar-refractivity contribution in [2.24, 2.45) is 0 Å². The van der Waals surface area contributed by atoms with Gasteiger partial charge in [0.05, 0.1) is 15.7 Å². The van der Waals surface area contributed by atoms with Crippen LogP contribution in [0.2, 0.25) is 20.1 Å². The zero-order valence-electron chi connectivity index (χ0n) is 23.7. The van der Waals surface area contributed by atoms with Crippen molar-refractivity contribution in [2.75, 3.05) is 4.90 Å². The number of imide groups is 2. The van der Waals surface area contributed by atoms with Crippen molar-refractivity contribution in [3.05, 3.63) is 139 Å². The van der Waals surface area contributed by atoms with Crippen molar-refractivity contribution < 1.29 is 23.9 Å². The van der Waals surface area contributed by atoms with Gasteiger partial charge in [0, 0.05) is 21.2 Å². The Bertz CT molecular complexity index is 2050. The molecule has 1 fully saturated rings. The van der Waals surface area contributed by atoms with Gasteiger partial charge in [-0.2, -0.15) is 0 Å². The van der Waals surface area contributed by atoms with Gasteiger partial charge in [0.15, 0.2) is 0 Å². The summed E-state index contributed by atoms with van der Waals surface area (Å²) >= 11 is 24.4. The molecule has 0 aliphatic carbocycles. The van der Waals surface area contributed by atoms with Crippen LogP contribution in [0.5, 0.6) is 11.5 Å². The lowest BCUT2D eigenvalue weighted by molar-refractivity contribution is -0.122. The maximum Gasteiger partial charge on any atom is 0.335 e. The molecule has 0 radical (unpaired) electrons. The number of barbiturate groups is 1. The van der Waals surface area contributed by atoms with Crippen molar-refractivity contribution in [2.45, 2.75) is 13.2 Å². The van der Waals surface area contributed by atoms with Crippen LogP contribution in [0.1, 0.15) is 16.7 Å². The summed E-state index contributed by atoms with van der Waals surface area (Å²) < 4.78 is 12.0. The first-order valence-corrected chi connectivity index (χ1v) is 15.4. The van der Waals surface area contributed by atoms with Gasteiger partial charge in [0.1, 0.15) is 30.3 Å². The van der Waals surface area contributed by atoms with Crippen molar-refractivity contribution >= 4 is 86.8 Å². The van der Waals surface area contributed by atoms with E-state index in [4.69, 9.17) is 55.9 Å². The minimum atomic E-state index is -0.872. The SMILES string of the molecule is O=C1NC(=O)N(c2ccc(OCc3ccc(Cl)cc3Cl)cc2)C(=O)/C1=C/c1c(OCc2ccc(Cl)c(Cl)c2)ccc2ccccc12. The number of fused-ring (bicyclic) bond motifs is 1. The van der Waals surface area contributed by atoms with Crippen LogP contribution in [-0.2, 0) is 22.8 Å². The fourth-order valence-corrected chi connectivity index (χ4v) is 5.65. The first-order valence-electron chi connectivity index (χ1n) is 13.8. The second kappa shape index (κ2) is 13.4. The van der Waals surface area contributed by atoms with Gasteiger partial charge in [-0.3, -0.25) is 14.9 Å². The Morgan fingerprint density at radius 2 is 1.50 bits per heavy atom. The standard InChI is InChI=1S/C35H22Cl4N2O5/c36-23-8-6-22(30(38)16-23)19-45-25-11-9-24(10-12-25)41-34(43)28(33(42)40-35(41)44)17-27-26-4-2-1-3-21(26)7-14-32(27)46-18-20-5-13-29(37)31(39)15-20/h1-17H,18-19H2,(H,40,42,44)/b28-17+. The average Bonchev–Trinajstić information content (AvgIpc) is 3.04. The summed E-state index contributed by atoms with van der Waals surface area (Å²) in [5, 5.41) is 5.68. The van der Waals surface area contributed by atoms with Crippen LogP contribution in [0, 0.1) is 0 Å². The smallest absolute Gasteiger partial charge is 0.335 e. The normalized spacial score (nSPS) is 14.1. The molecule has 1 N–H and O–H groups in total. The van der Waals surface area contributed by atoms with Crippen LogP contribution < -0.4 is 19.7 Å². The quantitative estimate of drug-likeness (QED) is 0.130. The maximum atomic E-state index is 13.8. The topological polar surface area (TPSA) is 84.9 Å². The summed E-state index contributed by atoms with van der Waals surface area (Å²) in [7, 11) is 0. The third-order valence-corrected chi connectivity index (χ3v) is 8.53. The van der Waals surface area contributed by atoms with Gasteiger partial charge in [-0.25, -0.2) is 9.69 Å². The van der Waals surface area contributed by atoms with Gasteiger partial charge in [-0.05, 0) is 77.0 Å². The number of carbonyl (C=O) groups is 3. The van der Waals surface area contributed by atoms with Gasteiger partial charge in [-0.1, -0.05) is 88.9 Å². The highest BCUT2D eigenvalue weighted by Gasteiger charge is 2.37. The monoisotopic (exact) mass is 690 g/mol. The molecule has 11 heteroatoms. The number of hydrogen-bond acceptors (Lipinski definition) is 5. The Hall–Kier alpha value is -4.53. The minimum absolute atomic E-state index is 0.148. The summed E-state index contributed by atoms with van der Waals surface area (Å²) in [5.41, 5.74) is 2.01. The molecule has 0 bridgehead atoms. The summed E-state index contributed by atoms with van der Waals surface area (Å²) in [6.07, 6.45) is 1.44. The average molecular weight is 692 g/mol. The molecule has 1 heterocycles. The number of halogens is 4. The second-order valence-corrected chi connectivity index (χ2v) is 11.9. The van der Waals surface area contributed by atoms with E-state index < -0.39 is 17.8 Å². The van der Waals surface area contributed by atoms with Gasteiger partial charge in [0.25, 0.3) is 11.8 Å². The fraction of sp³-hybridized carbons (Fsp3) is 0.0571. The largest absolute Gasteiger partial charge is 0.489 e. The zero-order valence-corrected chi connectivity index (χ0v) is 26.8. The number of nitrogens with zero attached hydrogens (tertiary/aromatic N) is 1. The Morgan fingerprint density at radius 1 is 0.717 bits per heavy atom. The van der Waals surface area contributed by atoms with Crippen LogP contribution >= 0.6 is 46.4 Å². The van der Waals surface area contributed by atoms with E-state index in [9.17, 15) is 14.4 Å². The number of carbonyl (C=O) groups excluding carboxylic acids is 3. The molecule has 0 atom stereocenters. The molecule has 1 aliphatic rings. The van der Waals surface area contributed by atoms with Crippen molar-refractivity contribution in [1.29, 1.82) is 0 Å². The lowest BCUT2D eigenvalue weighted by Crippen LogP contribution is -2.54. The molecular weight excluding hydrogens is 670 g/mol. The van der Waals surface area contributed by atoms with Crippen molar-refractivity contribution in [3.8, 4) is 11.5 Å². The van der Waals surface area contributed by atoms with E-state index in [1.165, 1.54) is 6.08 Å². The highest BCUT2D eigenvalue weighted by Crippen LogP contribution is 2.33. The summed E-state index contributed by atoms with van der Waals surface area (Å²) in [6.45, 7) is 0.329. The lowest BCUT2D eigenvalue weighted by atomic mass is 9.99. The molecule has 1 saturated heterocycles. The van der Waals surface area contributed by atoms with Crippen LogP contribution in [0.4, 0.5) is 10.5 Å². The van der Waals surface area contributed by atoms with E-state index in [0.29, 0.717) is 37.2 Å². The highest BCUT2D eigenvalue weighted by atomic mass is 35.5. The number of rotatable bonds is 8. The van der Waals surface area contributed by atoms with Crippen LogP contribution in [0.15, 0.2) is 103 Å². The molecule has 230 valence electrons. The molecule has 46 heavy (non-hydrogen) atoms. The first kappa shape index (κ1) is 31.5. The van der Waals surface area contributed by atoms with E-state index in [1.54, 1.807) is 66.7 Å². The third kappa shape index (κ3) is 6.69. The molecular formula is C35H22Cl4N2O5. The number of anilines is 1. The van der Waals surface area contributed by atoms with E-state index in [2.05, 4.69) is 5.32 Å². The number of benzene rings is 5. The van der Waals surface area contributed by atoms with Gasteiger partial charge < -0.3 is 9.47 Å². The van der Waals surface area contributed by atoms with Crippen molar-refractivity contribution in [3.63, 3.8) is 0 Å². The van der Waals surface area contributed by atoms with E-state index in [-0.39, 0.29) is 24.5 Å². The second-order valence-electron chi connectivity index (χ2n) is 10.2. The summed E-state index contributed by atoms with van der Waals surface area (Å²) in [4.78, 5) is 40.6. The number of urea groups is 1. The van der Waals surface area contributed by atoms with E-state index in [0.717, 1.165) is 26.8 Å². The Labute approximate surface area is 283 Å². The molecule has 6 rings (SSSR count). The highest BCUT2D eigenvalue weighted by molar-refractivity contribution is 6.42. The van der Waals surface area contributed by atoms with E-state index >= 15 is 0 Å². The fourth-order valence-electron chi connectivity index (χ4n) is 4.87. The van der Waals surface area contributed by atoms with Gasteiger partial charge in [0.2, 0.25) is 0 Å². The van der Waals surface area contributed by atoms with Crippen LogP contribution in [0.25, 0.3) is 16.8 Å². The first-order chi connectivity index (χ1) is 22.2. The molecule has 0 aromatic heterocycles. The molecule has 0 spiro atoms. The predicted octanol–water partition coefficient (Wildman–Crippen LogP) is 9.28.